The number of nitrogen functional groups attached to an aromatic ring is 2. The Balaban J connectivity index is 2.65. The van der Waals surface area contributed by atoms with E-state index in [1.54, 1.807) is 12.4 Å². The minimum absolute atomic E-state index is 0.524. The molecule has 0 spiro atoms. The van der Waals surface area contributed by atoms with Crippen molar-refractivity contribution in [1.29, 1.82) is 0 Å². The van der Waals surface area contributed by atoms with Crippen LogP contribution in [0.3, 0.4) is 0 Å². The summed E-state index contributed by atoms with van der Waals surface area (Å²) in [7, 11) is 0. The Morgan fingerprint density at radius 1 is 1.00 bits per heavy atom. The van der Waals surface area contributed by atoms with Crippen LogP contribution < -0.4 is 11.5 Å². The molecule has 0 atom stereocenters. The number of aromatic nitrogens is 1. The number of hydrogen-bond donors (Lipinski definition) is 2. The lowest BCUT2D eigenvalue weighted by molar-refractivity contribution is 1.32. The molecule has 0 bridgehead atoms. The summed E-state index contributed by atoms with van der Waals surface area (Å²) in [5, 5.41) is 0. The van der Waals surface area contributed by atoms with Crippen LogP contribution in [0.4, 0.5) is 11.4 Å². The average Bonchev–Trinajstić information content (AvgIpc) is 2.23. The van der Waals surface area contributed by atoms with Gasteiger partial charge in [-0.05, 0) is 18.1 Å². The van der Waals surface area contributed by atoms with Crippen LogP contribution in [0, 0.1) is 6.92 Å². The zero-order chi connectivity index (χ0) is 10.8. The van der Waals surface area contributed by atoms with Crippen molar-refractivity contribution in [2.75, 3.05) is 11.5 Å². The van der Waals surface area contributed by atoms with Crippen LogP contribution >= 0.6 is 0 Å². The third kappa shape index (κ3) is 1.64. The molecule has 0 aliphatic carbocycles. The highest BCUT2D eigenvalue weighted by atomic mass is 14.7. The summed E-state index contributed by atoms with van der Waals surface area (Å²) < 4.78 is 0. The zero-order valence-corrected chi connectivity index (χ0v) is 8.57. The molecule has 0 fully saturated rings. The van der Waals surface area contributed by atoms with Crippen molar-refractivity contribution in [3.8, 4) is 11.1 Å². The van der Waals surface area contributed by atoms with Gasteiger partial charge in [0.1, 0.15) is 0 Å². The van der Waals surface area contributed by atoms with Crippen LogP contribution in [0.5, 0.6) is 0 Å². The highest BCUT2D eigenvalue weighted by Crippen LogP contribution is 2.30. The number of nitrogens with zero attached hydrogens (tertiary/aromatic N) is 1. The SMILES string of the molecule is Cc1ccccc1-c1cncc(N)c1N. The van der Waals surface area contributed by atoms with E-state index < -0.39 is 0 Å². The van der Waals surface area contributed by atoms with Gasteiger partial charge < -0.3 is 11.5 Å². The Bertz CT molecular complexity index is 492. The van der Waals surface area contributed by atoms with Crippen LogP contribution in [0.1, 0.15) is 5.56 Å². The van der Waals surface area contributed by atoms with Crippen molar-refractivity contribution >= 4 is 11.4 Å². The maximum Gasteiger partial charge on any atom is 0.0740 e. The number of pyridine rings is 1. The first-order chi connectivity index (χ1) is 7.20. The fourth-order valence-corrected chi connectivity index (χ4v) is 1.58. The quantitative estimate of drug-likeness (QED) is 0.740. The van der Waals surface area contributed by atoms with E-state index in [9.17, 15) is 0 Å². The van der Waals surface area contributed by atoms with Gasteiger partial charge in [0.2, 0.25) is 0 Å². The molecular formula is C12H13N3. The van der Waals surface area contributed by atoms with Crippen molar-refractivity contribution in [3.63, 3.8) is 0 Å². The Morgan fingerprint density at radius 3 is 2.47 bits per heavy atom. The van der Waals surface area contributed by atoms with Crippen LogP contribution in [0.25, 0.3) is 11.1 Å². The van der Waals surface area contributed by atoms with Gasteiger partial charge in [-0.3, -0.25) is 4.98 Å². The molecule has 0 aliphatic heterocycles. The van der Waals surface area contributed by atoms with Gasteiger partial charge in [0.05, 0.1) is 17.6 Å². The normalized spacial score (nSPS) is 10.2. The molecular weight excluding hydrogens is 186 g/mol. The molecule has 3 heteroatoms. The molecule has 1 heterocycles. The van der Waals surface area contributed by atoms with E-state index >= 15 is 0 Å². The smallest absolute Gasteiger partial charge is 0.0740 e. The summed E-state index contributed by atoms with van der Waals surface area (Å²) >= 11 is 0. The van der Waals surface area contributed by atoms with Gasteiger partial charge in [0.25, 0.3) is 0 Å². The van der Waals surface area contributed by atoms with Gasteiger partial charge in [-0.25, -0.2) is 0 Å². The molecule has 0 amide bonds. The summed E-state index contributed by atoms with van der Waals surface area (Å²) in [5.41, 5.74) is 15.9. The predicted octanol–water partition coefficient (Wildman–Crippen LogP) is 2.22. The van der Waals surface area contributed by atoms with Crippen LogP contribution in [0.15, 0.2) is 36.7 Å². The second-order valence-electron chi connectivity index (χ2n) is 3.50. The van der Waals surface area contributed by atoms with Crippen molar-refractivity contribution in [3.05, 3.63) is 42.2 Å². The van der Waals surface area contributed by atoms with Gasteiger partial charge in [0, 0.05) is 11.8 Å². The number of aryl methyl sites for hydroxylation is 1. The van der Waals surface area contributed by atoms with Gasteiger partial charge in [0.15, 0.2) is 0 Å². The maximum atomic E-state index is 5.92. The fraction of sp³-hybridized carbons (Fsp3) is 0.0833. The molecule has 3 nitrogen and oxygen atoms in total. The third-order valence-corrected chi connectivity index (χ3v) is 2.45. The largest absolute Gasteiger partial charge is 0.396 e. The van der Waals surface area contributed by atoms with Crippen LogP contribution in [-0.2, 0) is 0 Å². The first kappa shape index (κ1) is 9.52. The molecule has 2 rings (SSSR count). The standard InChI is InChI=1S/C12H13N3/c1-8-4-2-3-5-9(8)10-6-15-7-11(13)12(10)14/h2-7H,13H2,1H3,(H2,14,15). The van der Waals surface area contributed by atoms with E-state index in [0.29, 0.717) is 11.4 Å². The maximum absolute atomic E-state index is 5.92. The second-order valence-corrected chi connectivity index (χ2v) is 3.50. The zero-order valence-electron chi connectivity index (χ0n) is 8.57. The van der Waals surface area contributed by atoms with E-state index in [2.05, 4.69) is 4.98 Å². The molecule has 76 valence electrons. The summed E-state index contributed by atoms with van der Waals surface area (Å²) in [6.45, 7) is 2.04. The molecule has 0 saturated carbocycles. The Labute approximate surface area is 88.8 Å². The number of hydrogen-bond acceptors (Lipinski definition) is 3. The third-order valence-electron chi connectivity index (χ3n) is 2.45. The lowest BCUT2D eigenvalue weighted by Crippen LogP contribution is -1.98. The number of anilines is 2. The Hall–Kier alpha value is -2.03. The van der Waals surface area contributed by atoms with Crippen molar-refractivity contribution in [2.45, 2.75) is 6.92 Å². The van der Waals surface area contributed by atoms with Gasteiger partial charge in [-0.1, -0.05) is 24.3 Å². The summed E-state index contributed by atoms with van der Waals surface area (Å²) in [6.07, 6.45) is 3.31. The molecule has 1 aromatic carbocycles. The summed E-state index contributed by atoms with van der Waals surface area (Å²) in [4.78, 5) is 4.06. The molecule has 1 aromatic heterocycles. The van der Waals surface area contributed by atoms with Gasteiger partial charge in [-0.2, -0.15) is 0 Å². The minimum Gasteiger partial charge on any atom is -0.396 e. The fourth-order valence-electron chi connectivity index (χ4n) is 1.58. The molecule has 0 radical (unpaired) electrons. The second kappa shape index (κ2) is 3.61. The van der Waals surface area contributed by atoms with Gasteiger partial charge >= 0.3 is 0 Å². The van der Waals surface area contributed by atoms with Crippen LogP contribution in [0.2, 0.25) is 0 Å². The van der Waals surface area contributed by atoms with E-state index in [0.717, 1.165) is 16.7 Å². The minimum atomic E-state index is 0.524. The van der Waals surface area contributed by atoms with E-state index in [-0.39, 0.29) is 0 Å². The Morgan fingerprint density at radius 2 is 1.73 bits per heavy atom. The molecule has 0 aliphatic rings. The predicted molar refractivity (Wildman–Crippen MR) is 63.2 cm³/mol. The van der Waals surface area contributed by atoms with E-state index in [1.165, 1.54) is 0 Å². The average molecular weight is 199 g/mol. The lowest BCUT2D eigenvalue weighted by Gasteiger charge is -2.09. The van der Waals surface area contributed by atoms with Crippen molar-refractivity contribution in [2.24, 2.45) is 0 Å². The first-order valence-electron chi connectivity index (χ1n) is 4.75. The van der Waals surface area contributed by atoms with Gasteiger partial charge in [-0.15, -0.1) is 0 Å². The van der Waals surface area contributed by atoms with E-state index in [1.807, 2.05) is 31.2 Å². The monoisotopic (exact) mass is 199 g/mol. The number of rotatable bonds is 1. The number of nitrogens with two attached hydrogens (primary N) is 2. The molecule has 0 unspecified atom stereocenters. The highest BCUT2D eigenvalue weighted by molar-refractivity contribution is 5.84. The number of benzene rings is 1. The molecule has 4 N–H and O–H groups in total. The van der Waals surface area contributed by atoms with Crippen molar-refractivity contribution < 1.29 is 0 Å². The first-order valence-corrected chi connectivity index (χ1v) is 4.75. The molecule has 15 heavy (non-hydrogen) atoms. The lowest BCUT2D eigenvalue weighted by atomic mass is 10.0. The summed E-state index contributed by atoms with van der Waals surface area (Å²) in [6, 6.07) is 8.03. The Kier molecular flexibility index (Phi) is 2.29. The van der Waals surface area contributed by atoms with Crippen LogP contribution in [-0.4, -0.2) is 4.98 Å². The molecule has 2 aromatic rings. The van der Waals surface area contributed by atoms with E-state index in [4.69, 9.17) is 11.5 Å². The topological polar surface area (TPSA) is 64.9 Å². The summed E-state index contributed by atoms with van der Waals surface area (Å²) in [5.74, 6) is 0. The molecule has 0 saturated heterocycles. The highest BCUT2D eigenvalue weighted by Gasteiger charge is 2.07. The van der Waals surface area contributed by atoms with Crippen molar-refractivity contribution in [1.82, 2.24) is 4.98 Å².